The number of unbranched alkanes of at least 4 members (excludes halogenated alkanes) is 1. The molecule has 2 rings (SSSR count). The van der Waals surface area contributed by atoms with Crippen molar-refractivity contribution >= 4 is 17.7 Å². The first-order chi connectivity index (χ1) is 10.2. The monoisotopic (exact) mass is 312 g/mol. The van der Waals surface area contributed by atoms with Gasteiger partial charge < -0.3 is 10.6 Å². The van der Waals surface area contributed by atoms with E-state index in [1.165, 1.54) is 44.4 Å². The molecule has 2 atom stereocenters. The van der Waals surface area contributed by atoms with Gasteiger partial charge in [0, 0.05) is 37.8 Å². The molecular formula is C16H32N4S. The van der Waals surface area contributed by atoms with Gasteiger partial charge in [0.25, 0.3) is 0 Å². The van der Waals surface area contributed by atoms with Gasteiger partial charge in [-0.1, -0.05) is 0 Å². The van der Waals surface area contributed by atoms with E-state index in [-0.39, 0.29) is 0 Å². The second-order valence-electron chi connectivity index (χ2n) is 6.31. The van der Waals surface area contributed by atoms with Gasteiger partial charge in [-0.2, -0.15) is 11.8 Å². The third-order valence-corrected chi connectivity index (χ3v) is 5.05. The SMILES string of the molecule is CCNC(=NCCCCSC)NC1CC(C)N(C2CC2)C1. The van der Waals surface area contributed by atoms with Gasteiger partial charge in [-0.15, -0.1) is 0 Å². The van der Waals surface area contributed by atoms with Crippen molar-refractivity contribution in [2.45, 2.75) is 64.1 Å². The van der Waals surface area contributed by atoms with Crippen molar-refractivity contribution in [3.63, 3.8) is 0 Å². The maximum Gasteiger partial charge on any atom is 0.191 e. The Balaban J connectivity index is 1.75. The van der Waals surface area contributed by atoms with E-state index in [1.807, 2.05) is 11.8 Å². The van der Waals surface area contributed by atoms with Crippen LogP contribution in [0, 0.1) is 0 Å². The molecule has 1 saturated heterocycles. The minimum Gasteiger partial charge on any atom is -0.357 e. The molecule has 2 aliphatic rings. The average molecular weight is 313 g/mol. The van der Waals surface area contributed by atoms with Crippen molar-refractivity contribution in [1.29, 1.82) is 0 Å². The third-order valence-electron chi connectivity index (χ3n) is 4.35. The molecule has 21 heavy (non-hydrogen) atoms. The zero-order valence-electron chi connectivity index (χ0n) is 13.9. The number of aliphatic imine (C=N–C) groups is 1. The maximum absolute atomic E-state index is 4.73. The second-order valence-corrected chi connectivity index (χ2v) is 7.30. The lowest BCUT2D eigenvalue weighted by molar-refractivity contribution is 0.256. The molecule has 122 valence electrons. The minimum absolute atomic E-state index is 0.560. The topological polar surface area (TPSA) is 39.7 Å². The average Bonchev–Trinajstić information content (AvgIpc) is 3.23. The number of guanidine groups is 1. The van der Waals surface area contributed by atoms with Crippen molar-refractivity contribution in [3.05, 3.63) is 0 Å². The summed E-state index contributed by atoms with van der Waals surface area (Å²) in [4.78, 5) is 7.41. The Bertz CT molecular complexity index is 330. The standard InChI is InChI=1S/C16H32N4S/c1-4-17-16(18-9-5-6-10-21-3)19-14-11-13(2)20(12-14)15-7-8-15/h13-15H,4-12H2,1-3H3,(H2,17,18,19). The molecule has 0 aromatic carbocycles. The fourth-order valence-corrected chi connectivity index (χ4v) is 3.63. The van der Waals surface area contributed by atoms with E-state index in [4.69, 9.17) is 4.99 Å². The van der Waals surface area contributed by atoms with Crippen LogP contribution in [-0.2, 0) is 0 Å². The molecule has 0 aromatic heterocycles. The summed E-state index contributed by atoms with van der Waals surface area (Å²) >= 11 is 1.92. The third kappa shape index (κ3) is 5.70. The van der Waals surface area contributed by atoms with Gasteiger partial charge >= 0.3 is 0 Å². The molecule has 1 aliphatic carbocycles. The summed E-state index contributed by atoms with van der Waals surface area (Å²) in [6.45, 7) is 7.56. The lowest BCUT2D eigenvalue weighted by atomic mass is 10.2. The van der Waals surface area contributed by atoms with E-state index in [1.54, 1.807) is 0 Å². The normalized spacial score (nSPS) is 27.1. The molecule has 0 radical (unpaired) electrons. The molecule has 2 fully saturated rings. The van der Waals surface area contributed by atoms with E-state index < -0.39 is 0 Å². The maximum atomic E-state index is 4.73. The number of hydrogen-bond donors (Lipinski definition) is 2. The smallest absolute Gasteiger partial charge is 0.191 e. The van der Waals surface area contributed by atoms with Gasteiger partial charge in [-0.05, 0) is 58.0 Å². The Labute approximate surface area is 134 Å². The van der Waals surface area contributed by atoms with E-state index in [2.05, 4.69) is 35.6 Å². The van der Waals surface area contributed by atoms with Crippen molar-refractivity contribution in [2.24, 2.45) is 4.99 Å². The molecule has 0 bridgehead atoms. The quantitative estimate of drug-likeness (QED) is 0.410. The van der Waals surface area contributed by atoms with Crippen LogP contribution in [0.1, 0.15) is 46.0 Å². The fraction of sp³-hybridized carbons (Fsp3) is 0.938. The van der Waals surface area contributed by atoms with Crippen LogP contribution in [0.4, 0.5) is 0 Å². The molecule has 0 spiro atoms. The Kier molecular flexibility index (Phi) is 7.17. The number of rotatable bonds is 8. The highest BCUT2D eigenvalue weighted by Crippen LogP contribution is 2.33. The van der Waals surface area contributed by atoms with Crippen LogP contribution in [-0.4, -0.2) is 60.6 Å². The lowest BCUT2D eigenvalue weighted by Gasteiger charge is -2.20. The summed E-state index contributed by atoms with van der Waals surface area (Å²) < 4.78 is 0. The van der Waals surface area contributed by atoms with Gasteiger partial charge in [-0.3, -0.25) is 9.89 Å². The van der Waals surface area contributed by atoms with E-state index in [0.717, 1.165) is 31.1 Å². The molecule has 1 heterocycles. The first-order valence-electron chi connectivity index (χ1n) is 8.54. The molecule has 2 unspecified atom stereocenters. The van der Waals surface area contributed by atoms with Crippen LogP contribution in [0.15, 0.2) is 4.99 Å². The molecule has 5 heteroatoms. The second kappa shape index (κ2) is 8.89. The van der Waals surface area contributed by atoms with Gasteiger partial charge in [0.15, 0.2) is 5.96 Å². The Morgan fingerprint density at radius 2 is 2.14 bits per heavy atom. The summed E-state index contributed by atoms with van der Waals surface area (Å²) in [5.74, 6) is 2.26. The van der Waals surface area contributed by atoms with Gasteiger partial charge in [-0.25, -0.2) is 0 Å². The van der Waals surface area contributed by atoms with Crippen LogP contribution in [0.2, 0.25) is 0 Å². The van der Waals surface area contributed by atoms with Crippen LogP contribution >= 0.6 is 11.8 Å². The molecule has 1 saturated carbocycles. The van der Waals surface area contributed by atoms with Crippen LogP contribution < -0.4 is 10.6 Å². The summed E-state index contributed by atoms with van der Waals surface area (Å²) in [5, 5.41) is 7.03. The Morgan fingerprint density at radius 1 is 1.33 bits per heavy atom. The fourth-order valence-electron chi connectivity index (χ4n) is 3.14. The number of thioether (sulfide) groups is 1. The molecule has 2 N–H and O–H groups in total. The largest absolute Gasteiger partial charge is 0.357 e. The number of nitrogens with zero attached hydrogens (tertiary/aromatic N) is 2. The van der Waals surface area contributed by atoms with Gasteiger partial charge in [0.1, 0.15) is 0 Å². The molecule has 0 aromatic rings. The first kappa shape index (κ1) is 16.9. The van der Waals surface area contributed by atoms with Gasteiger partial charge in [0.05, 0.1) is 0 Å². The summed E-state index contributed by atoms with van der Waals surface area (Å²) in [6.07, 6.45) is 8.67. The molecule has 1 aliphatic heterocycles. The molecular weight excluding hydrogens is 280 g/mol. The van der Waals surface area contributed by atoms with Crippen molar-refractivity contribution in [3.8, 4) is 0 Å². The highest BCUT2D eigenvalue weighted by molar-refractivity contribution is 7.98. The molecule has 0 amide bonds. The van der Waals surface area contributed by atoms with Crippen LogP contribution in [0.5, 0.6) is 0 Å². The van der Waals surface area contributed by atoms with Crippen molar-refractivity contribution in [1.82, 2.24) is 15.5 Å². The van der Waals surface area contributed by atoms with Crippen LogP contribution in [0.3, 0.4) is 0 Å². The predicted molar refractivity (Wildman–Crippen MR) is 94.3 cm³/mol. The lowest BCUT2D eigenvalue weighted by Crippen LogP contribution is -2.44. The van der Waals surface area contributed by atoms with Crippen molar-refractivity contribution in [2.75, 3.05) is 31.6 Å². The van der Waals surface area contributed by atoms with E-state index in [0.29, 0.717) is 6.04 Å². The number of hydrogen-bond acceptors (Lipinski definition) is 3. The zero-order chi connectivity index (χ0) is 15.1. The zero-order valence-corrected chi connectivity index (χ0v) is 14.7. The number of likely N-dealkylation sites (tertiary alicyclic amines) is 1. The Hall–Kier alpha value is -0.420. The molecule has 4 nitrogen and oxygen atoms in total. The summed E-state index contributed by atoms with van der Waals surface area (Å²) in [5.41, 5.74) is 0. The van der Waals surface area contributed by atoms with Gasteiger partial charge in [0.2, 0.25) is 0 Å². The highest BCUT2D eigenvalue weighted by Gasteiger charge is 2.38. The minimum atomic E-state index is 0.560. The predicted octanol–water partition coefficient (Wildman–Crippen LogP) is 2.31. The van der Waals surface area contributed by atoms with E-state index >= 15 is 0 Å². The Morgan fingerprint density at radius 3 is 2.81 bits per heavy atom. The van der Waals surface area contributed by atoms with Crippen molar-refractivity contribution < 1.29 is 0 Å². The first-order valence-corrected chi connectivity index (χ1v) is 9.93. The summed E-state index contributed by atoms with van der Waals surface area (Å²) in [7, 11) is 0. The van der Waals surface area contributed by atoms with Crippen LogP contribution in [0.25, 0.3) is 0 Å². The highest BCUT2D eigenvalue weighted by atomic mass is 32.2. The number of nitrogens with one attached hydrogen (secondary N) is 2. The summed E-state index contributed by atoms with van der Waals surface area (Å²) in [6, 6.07) is 2.15. The van der Waals surface area contributed by atoms with E-state index in [9.17, 15) is 0 Å².